The molecule has 0 aromatic rings. The minimum Gasteiger partial charge on any atom is -0.377 e. The second-order valence-corrected chi connectivity index (χ2v) is 9.45. The van der Waals surface area contributed by atoms with Gasteiger partial charge in [-0.3, -0.25) is 0 Å². The Morgan fingerprint density at radius 1 is 0.444 bits per heavy atom. The van der Waals surface area contributed by atoms with Crippen LogP contribution in [0.4, 0.5) is 0 Å². The van der Waals surface area contributed by atoms with Crippen molar-refractivity contribution >= 4 is 0 Å². The van der Waals surface area contributed by atoms with E-state index in [1.54, 1.807) is 0 Å². The van der Waals surface area contributed by atoms with Crippen molar-refractivity contribution in [2.45, 2.75) is 68.7 Å². The molecule has 4 rings (SSSR count). The van der Waals surface area contributed by atoms with Crippen molar-refractivity contribution in [3.8, 4) is 0 Å². The standard InChI is InChI=1S/C27H44O9/c1-2-10-29-14-16-31-18-20-35-27(25-8-7-23-24(36-25)6-4-11-32-23)21-26-22(5-3-12-33-26)34-19-17-30-15-13-28-9-1/h1-2,7-8,22-27H,3-6,9-21H2/b2-1-/t22-,23+,24-,25-,26+,27+/m0/s1. The SMILES string of the molecule is C1=C[C@H]2OCCC[C@@H]2O[C@@H]1[C@H]1C[C@H]2OCCC[C@@H]2OCCOCCOC/C=C\COCCOCCO1. The zero-order valence-corrected chi connectivity index (χ0v) is 21.5. The van der Waals surface area contributed by atoms with E-state index in [9.17, 15) is 0 Å². The highest BCUT2D eigenvalue weighted by Gasteiger charge is 2.37. The number of hydrogen-bond donors (Lipinski definition) is 0. The molecule has 4 aliphatic rings. The molecule has 0 amide bonds. The summed E-state index contributed by atoms with van der Waals surface area (Å²) in [5, 5.41) is 0. The molecule has 0 saturated carbocycles. The summed E-state index contributed by atoms with van der Waals surface area (Å²) in [5.41, 5.74) is 0. The summed E-state index contributed by atoms with van der Waals surface area (Å²) in [7, 11) is 0. The van der Waals surface area contributed by atoms with Gasteiger partial charge in [0, 0.05) is 19.6 Å². The van der Waals surface area contributed by atoms with Crippen LogP contribution < -0.4 is 0 Å². The van der Waals surface area contributed by atoms with Gasteiger partial charge in [0.25, 0.3) is 0 Å². The van der Waals surface area contributed by atoms with E-state index in [1.807, 2.05) is 12.2 Å². The van der Waals surface area contributed by atoms with Gasteiger partial charge in [-0.05, 0) is 25.7 Å². The van der Waals surface area contributed by atoms with Gasteiger partial charge in [-0.25, -0.2) is 0 Å². The molecule has 2 saturated heterocycles. The highest BCUT2D eigenvalue weighted by molar-refractivity contribution is 5.06. The van der Waals surface area contributed by atoms with E-state index in [0.717, 1.165) is 38.9 Å². The fraction of sp³-hybridized carbons (Fsp3) is 0.852. The fourth-order valence-electron chi connectivity index (χ4n) is 4.92. The van der Waals surface area contributed by atoms with E-state index < -0.39 is 0 Å². The van der Waals surface area contributed by atoms with E-state index in [2.05, 4.69) is 12.2 Å². The molecule has 9 nitrogen and oxygen atoms in total. The molecule has 6 atom stereocenters. The Morgan fingerprint density at radius 3 is 1.75 bits per heavy atom. The lowest BCUT2D eigenvalue weighted by atomic mass is 9.94. The molecule has 0 bridgehead atoms. The van der Waals surface area contributed by atoms with E-state index in [1.165, 1.54) is 0 Å². The third-order valence-corrected chi connectivity index (χ3v) is 6.80. The van der Waals surface area contributed by atoms with Gasteiger partial charge < -0.3 is 42.6 Å². The Balaban J connectivity index is 1.34. The predicted molar refractivity (Wildman–Crippen MR) is 132 cm³/mol. The Kier molecular flexibility index (Phi) is 13.2. The summed E-state index contributed by atoms with van der Waals surface area (Å²) in [6.45, 7) is 6.82. The normalized spacial score (nSPS) is 38.0. The first-order valence-corrected chi connectivity index (χ1v) is 13.7. The molecule has 0 aliphatic carbocycles. The van der Waals surface area contributed by atoms with Gasteiger partial charge in [-0.1, -0.05) is 24.3 Å². The summed E-state index contributed by atoms with van der Waals surface area (Å²) in [4.78, 5) is 0. The molecule has 0 aromatic carbocycles. The van der Waals surface area contributed by atoms with Crippen LogP contribution in [0, 0.1) is 0 Å². The van der Waals surface area contributed by atoms with Crippen molar-refractivity contribution in [2.24, 2.45) is 0 Å². The van der Waals surface area contributed by atoms with Gasteiger partial charge in [0.15, 0.2) is 0 Å². The highest BCUT2D eigenvalue weighted by Crippen LogP contribution is 2.29. The summed E-state index contributed by atoms with van der Waals surface area (Å²) >= 11 is 0. The van der Waals surface area contributed by atoms with Crippen LogP contribution in [0.25, 0.3) is 0 Å². The van der Waals surface area contributed by atoms with Gasteiger partial charge in [-0.15, -0.1) is 0 Å². The monoisotopic (exact) mass is 512 g/mol. The molecular weight excluding hydrogens is 468 g/mol. The second kappa shape index (κ2) is 16.9. The fourth-order valence-corrected chi connectivity index (χ4v) is 4.92. The van der Waals surface area contributed by atoms with Crippen LogP contribution in [-0.2, 0) is 42.6 Å². The number of rotatable bonds is 1. The van der Waals surface area contributed by atoms with Crippen molar-refractivity contribution in [3.05, 3.63) is 24.3 Å². The summed E-state index contributed by atoms with van der Waals surface area (Å²) in [6, 6.07) is 0. The maximum Gasteiger partial charge on any atom is 0.102 e. The molecule has 0 aromatic heterocycles. The first kappa shape index (κ1) is 28.1. The smallest absolute Gasteiger partial charge is 0.102 e. The van der Waals surface area contributed by atoms with E-state index in [0.29, 0.717) is 72.5 Å². The van der Waals surface area contributed by atoms with Crippen LogP contribution in [0.15, 0.2) is 24.3 Å². The van der Waals surface area contributed by atoms with Crippen LogP contribution in [0.3, 0.4) is 0 Å². The summed E-state index contributed by atoms with van der Waals surface area (Å²) in [5.74, 6) is 0. The molecule has 2 fully saturated rings. The Morgan fingerprint density at radius 2 is 1.00 bits per heavy atom. The van der Waals surface area contributed by atoms with Crippen LogP contribution in [0.5, 0.6) is 0 Å². The maximum atomic E-state index is 6.46. The van der Waals surface area contributed by atoms with E-state index in [-0.39, 0.29) is 36.6 Å². The van der Waals surface area contributed by atoms with E-state index in [4.69, 9.17) is 42.6 Å². The van der Waals surface area contributed by atoms with Crippen molar-refractivity contribution < 1.29 is 42.6 Å². The summed E-state index contributed by atoms with van der Waals surface area (Å²) in [6.07, 6.45) is 12.6. The van der Waals surface area contributed by atoms with Gasteiger partial charge in [0.2, 0.25) is 0 Å². The average Bonchev–Trinajstić information content (AvgIpc) is 2.91. The molecule has 0 radical (unpaired) electrons. The molecule has 9 heteroatoms. The molecule has 0 N–H and O–H groups in total. The van der Waals surface area contributed by atoms with Crippen LogP contribution in [-0.4, -0.2) is 116 Å². The van der Waals surface area contributed by atoms with Gasteiger partial charge in [0.05, 0.1) is 90.5 Å². The predicted octanol–water partition coefficient (Wildman–Crippen LogP) is 2.46. The third kappa shape index (κ3) is 9.78. The number of fused-ring (bicyclic) bond motifs is 2. The van der Waals surface area contributed by atoms with Gasteiger partial charge >= 0.3 is 0 Å². The molecule has 4 heterocycles. The topological polar surface area (TPSA) is 83.1 Å². The molecule has 0 spiro atoms. The average molecular weight is 513 g/mol. The first-order chi connectivity index (χ1) is 17.9. The van der Waals surface area contributed by atoms with Crippen LogP contribution >= 0.6 is 0 Å². The van der Waals surface area contributed by atoms with Crippen molar-refractivity contribution in [3.63, 3.8) is 0 Å². The molecule has 36 heavy (non-hydrogen) atoms. The van der Waals surface area contributed by atoms with Crippen molar-refractivity contribution in [2.75, 3.05) is 79.3 Å². The Bertz CT molecular complexity index is 643. The van der Waals surface area contributed by atoms with Gasteiger partial charge in [-0.2, -0.15) is 0 Å². The van der Waals surface area contributed by atoms with Crippen molar-refractivity contribution in [1.29, 1.82) is 0 Å². The minimum absolute atomic E-state index is 0.0134. The van der Waals surface area contributed by atoms with Gasteiger partial charge in [0.1, 0.15) is 12.2 Å². The zero-order chi connectivity index (χ0) is 24.7. The number of ether oxygens (including phenoxy) is 9. The first-order valence-electron chi connectivity index (χ1n) is 13.7. The zero-order valence-electron chi connectivity index (χ0n) is 21.5. The second-order valence-electron chi connectivity index (χ2n) is 9.45. The summed E-state index contributed by atoms with van der Waals surface area (Å²) < 4.78 is 53.6. The molecule has 4 aliphatic heterocycles. The van der Waals surface area contributed by atoms with E-state index >= 15 is 0 Å². The lowest BCUT2D eigenvalue weighted by molar-refractivity contribution is -0.170. The Hall–Kier alpha value is -0.880. The molecular formula is C27H44O9. The van der Waals surface area contributed by atoms with Crippen LogP contribution in [0.1, 0.15) is 32.1 Å². The van der Waals surface area contributed by atoms with Crippen molar-refractivity contribution in [1.82, 2.24) is 0 Å². The Labute approximate surface area is 215 Å². The highest BCUT2D eigenvalue weighted by atomic mass is 16.6. The minimum atomic E-state index is -0.158. The maximum absolute atomic E-state index is 6.46. The lowest BCUT2D eigenvalue weighted by Gasteiger charge is -2.40. The third-order valence-electron chi connectivity index (χ3n) is 6.80. The largest absolute Gasteiger partial charge is 0.377 e. The van der Waals surface area contributed by atoms with Crippen LogP contribution in [0.2, 0.25) is 0 Å². The molecule has 0 unspecified atom stereocenters. The lowest BCUT2D eigenvalue weighted by Crippen LogP contribution is -2.47. The number of hydrogen-bond acceptors (Lipinski definition) is 9. The quantitative estimate of drug-likeness (QED) is 0.492. The molecule has 206 valence electrons.